The van der Waals surface area contributed by atoms with E-state index in [-0.39, 0.29) is 1.43 Å². The number of hydrogen-bond acceptors (Lipinski definition) is 1. The lowest BCUT2D eigenvalue weighted by atomic mass is 9.84. The van der Waals surface area contributed by atoms with E-state index in [4.69, 9.17) is 0 Å². The molecular formula is C10H21N. The normalized spacial score (nSPS) is 23.0. The van der Waals surface area contributed by atoms with Crippen LogP contribution in [0.2, 0.25) is 0 Å². The molecule has 1 nitrogen and oxygen atoms in total. The lowest BCUT2D eigenvalue weighted by Crippen LogP contribution is -2.32. The molecule has 0 saturated heterocycles. The zero-order chi connectivity index (χ0) is 8.10. The molecule has 1 aliphatic rings. The molecule has 0 aromatic carbocycles. The number of nitrogens with one attached hydrogen (secondary N) is 1. The molecule has 66 valence electrons. The maximum atomic E-state index is 3.84. The molecule has 1 heteroatoms. The zero-order valence-electron chi connectivity index (χ0n) is 7.47. The summed E-state index contributed by atoms with van der Waals surface area (Å²) in [4.78, 5) is 0. The fourth-order valence-corrected chi connectivity index (χ4v) is 2.04. The first-order valence-electron chi connectivity index (χ1n) is 4.68. The van der Waals surface area contributed by atoms with Crippen molar-refractivity contribution < 1.29 is 1.43 Å². The van der Waals surface area contributed by atoms with Crippen LogP contribution in [0.25, 0.3) is 0 Å². The Labute approximate surface area is 71.4 Å². The van der Waals surface area contributed by atoms with Crippen molar-refractivity contribution >= 4 is 0 Å². The van der Waals surface area contributed by atoms with Crippen LogP contribution in [0, 0.1) is 5.92 Å². The summed E-state index contributed by atoms with van der Waals surface area (Å²) in [5.74, 6) is 0.853. The largest absolute Gasteiger partial charge is 0.313 e. The third-order valence-electron chi connectivity index (χ3n) is 2.74. The Morgan fingerprint density at radius 3 is 2.55 bits per heavy atom. The van der Waals surface area contributed by atoms with Gasteiger partial charge in [0.15, 0.2) is 0 Å². The highest BCUT2D eigenvalue weighted by Gasteiger charge is 2.19. The Morgan fingerprint density at radius 1 is 1.45 bits per heavy atom. The molecule has 0 aliphatic heterocycles. The Hall–Kier alpha value is -0.300. The van der Waals surface area contributed by atoms with Crippen molar-refractivity contribution in [2.24, 2.45) is 5.92 Å². The van der Waals surface area contributed by atoms with Gasteiger partial charge in [0.1, 0.15) is 0 Å². The summed E-state index contributed by atoms with van der Waals surface area (Å²) in [5.41, 5.74) is 0. The second-order valence-electron chi connectivity index (χ2n) is 3.45. The molecule has 1 aliphatic carbocycles. The minimum atomic E-state index is 0. The van der Waals surface area contributed by atoms with E-state index in [0.29, 0.717) is 6.04 Å². The molecule has 1 fully saturated rings. The van der Waals surface area contributed by atoms with Gasteiger partial charge in [0, 0.05) is 7.47 Å². The first-order valence-corrected chi connectivity index (χ1v) is 4.68. The average Bonchev–Trinajstić information content (AvgIpc) is 2.09. The standard InChI is InChI=1S/C10H19N.H2/c1-3-10(11-2)9-7-5-4-6-8-9;/h3,9-11H,1,4-8H2,2H3;1H/t10-;/m1./s1. The minimum Gasteiger partial charge on any atom is -0.313 e. The molecule has 0 radical (unpaired) electrons. The summed E-state index contributed by atoms with van der Waals surface area (Å²) < 4.78 is 0. The maximum Gasteiger partial charge on any atom is 0.0272 e. The second kappa shape index (κ2) is 4.55. The monoisotopic (exact) mass is 155 g/mol. The van der Waals surface area contributed by atoms with Crippen molar-refractivity contribution in [2.75, 3.05) is 7.05 Å². The Morgan fingerprint density at radius 2 is 2.09 bits per heavy atom. The van der Waals surface area contributed by atoms with Gasteiger partial charge in [-0.15, -0.1) is 6.58 Å². The molecule has 0 bridgehead atoms. The lowest BCUT2D eigenvalue weighted by molar-refractivity contribution is 0.310. The first kappa shape index (κ1) is 8.79. The van der Waals surface area contributed by atoms with Gasteiger partial charge in [0.25, 0.3) is 0 Å². The quantitative estimate of drug-likeness (QED) is 0.618. The predicted molar refractivity (Wildman–Crippen MR) is 51.7 cm³/mol. The fourth-order valence-electron chi connectivity index (χ4n) is 2.04. The summed E-state index contributed by atoms with van der Waals surface area (Å²) in [6.45, 7) is 3.84. The molecular weight excluding hydrogens is 134 g/mol. The van der Waals surface area contributed by atoms with E-state index in [1.807, 2.05) is 7.05 Å². The van der Waals surface area contributed by atoms with Crippen molar-refractivity contribution in [3.05, 3.63) is 12.7 Å². The Kier molecular flexibility index (Phi) is 3.64. The zero-order valence-corrected chi connectivity index (χ0v) is 7.47. The maximum absolute atomic E-state index is 3.84. The predicted octanol–water partition coefficient (Wildman–Crippen LogP) is 2.59. The van der Waals surface area contributed by atoms with Crippen LogP contribution in [-0.4, -0.2) is 13.1 Å². The summed E-state index contributed by atoms with van der Waals surface area (Å²) >= 11 is 0. The molecule has 0 unspecified atom stereocenters. The van der Waals surface area contributed by atoms with Crippen LogP contribution in [0.5, 0.6) is 0 Å². The van der Waals surface area contributed by atoms with Crippen molar-refractivity contribution in [3.63, 3.8) is 0 Å². The Balaban J connectivity index is 0.00000121. The van der Waals surface area contributed by atoms with Gasteiger partial charge in [-0.1, -0.05) is 25.3 Å². The van der Waals surface area contributed by atoms with Gasteiger partial charge < -0.3 is 5.32 Å². The van der Waals surface area contributed by atoms with E-state index in [1.165, 1.54) is 32.1 Å². The van der Waals surface area contributed by atoms with Crippen LogP contribution in [0.3, 0.4) is 0 Å². The van der Waals surface area contributed by atoms with Crippen LogP contribution in [0.15, 0.2) is 12.7 Å². The van der Waals surface area contributed by atoms with Gasteiger partial charge in [-0.25, -0.2) is 0 Å². The van der Waals surface area contributed by atoms with Crippen molar-refractivity contribution in [1.29, 1.82) is 0 Å². The molecule has 1 N–H and O–H groups in total. The highest BCUT2D eigenvalue weighted by atomic mass is 14.9. The summed E-state index contributed by atoms with van der Waals surface area (Å²) in [6.07, 6.45) is 9.09. The summed E-state index contributed by atoms with van der Waals surface area (Å²) in [5, 5.41) is 3.30. The van der Waals surface area contributed by atoms with E-state index < -0.39 is 0 Å². The molecule has 11 heavy (non-hydrogen) atoms. The number of likely N-dealkylation sites (N-methyl/N-ethyl adjacent to an activating group) is 1. The molecule has 1 saturated carbocycles. The molecule has 1 atom stereocenters. The Bertz CT molecular complexity index is 119. The van der Waals surface area contributed by atoms with Crippen LogP contribution in [0.1, 0.15) is 33.5 Å². The molecule has 0 amide bonds. The van der Waals surface area contributed by atoms with Gasteiger partial charge in [-0.3, -0.25) is 0 Å². The van der Waals surface area contributed by atoms with E-state index in [2.05, 4.69) is 18.0 Å². The minimum absolute atomic E-state index is 0. The van der Waals surface area contributed by atoms with Gasteiger partial charge in [0.2, 0.25) is 0 Å². The van der Waals surface area contributed by atoms with Crippen LogP contribution in [-0.2, 0) is 0 Å². The molecule has 0 spiro atoms. The first-order chi connectivity index (χ1) is 5.38. The van der Waals surface area contributed by atoms with Gasteiger partial charge >= 0.3 is 0 Å². The van der Waals surface area contributed by atoms with Crippen LogP contribution < -0.4 is 5.32 Å². The summed E-state index contributed by atoms with van der Waals surface area (Å²) in [6, 6.07) is 0.551. The highest BCUT2D eigenvalue weighted by Crippen LogP contribution is 2.26. The molecule has 0 heterocycles. The second-order valence-corrected chi connectivity index (χ2v) is 3.45. The topological polar surface area (TPSA) is 12.0 Å². The fraction of sp³-hybridized carbons (Fsp3) is 0.800. The van der Waals surface area contributed by atoms with Crippen LogP contribution >= 0.6 is 0 Å². The third kappa shape index (κ3) is 2.33. The SMILES string of the molecule is C=C[C@@H](NC)C1CCCCC1.[HH]. The molecule has 1 rings (SSSR count). The van der Waals surface area contributed by atoms with Crippen LogP contribution in [0.4, 0.5) is 0 Å². The van der Waals surface area contributed by atoms with Crippen molar-refractivity contribution in [2.45, 2.75) is 38.1 Å². The van der Waals surface area contributed by atoms with Gasteiger partial charge in [-0.2, -0.15) is 0 Å². The highest BCUT2D eigenvalue weighted by molar-refractivity contribution is 4.91. The van der Waals surface area contributed by atoms with E-state index >= 15 is 0 Å². The van der Waals surface area contributed by atoms with Gasteiger partial charge in [0.05, 0.1) is 0 Å². The van der Waals surface area contributed by atoms with E-state index in [1.54, 1.807) is 0 Å². The molecule has 0 aromatic heterocycles. The van der Waals surface area contributed by atoms with E-state index in [0.717, 1.165) is 5.92 Å². The van der Waals surface area contributed by atoms with Crippen molar-refractivity contribution in [1.82, 2.24) is 5.32 Å². The summed E-state index contributed by atoms with van der Waals surface area (Å²) in [7, 11) is 2.03. The molecule has 0 aromatic rings. The van der Waals surface area contributed by atoms with Gasteiger partial charge in [-0.05, 0) is 25.8 Å². The third-order valence-corrected chi connectivity index (χ3v) is 2.74. The van der Waals surface area contributed by atoms with Crippen molar-refractivity contribution in [3.8, 4) is 0 Å². The number of hydrogen-bond donors (Lipinski definition) is 1. The number of rotatable bonds is 3. The average molecular weight is 155 g/mol. The lowest BCUT2D eigenvalue weighted by Gasteiger charge is -2.27. The smallest absolute Gasteiger partial charge is 0.0272 e. The van der Waals surface area contributed by atoms with E-state index in [9.17, 15) is 0 Å².